The van der Waals surface area contributed by atoms with Gasteiger partial charge in [0, 0.05) is 49.9 Å². The third-order valence-electron chi connectivity index (χ3n) is 8.92. The monoisotopic (exact) mass is 666 g/mol. The van der Waals surface area contributed by atoms with E-state index in [4.69, 9.17) is 10.7 Å². The summed E-state index contributed by atoms with van der Waals surface area (Å²) in [5, 5.41) is 22.2. The summed E-state index contributed by atoms with van der Waals surface area (Å²) in [6.45, 7) is 4.87. The van der Waals surface area contributed by atoms with Crippen LogP contribution >= 0.6 is 0 Å². The van der Waals surface area contributed by atoms with Crippen LogP contribution in [0.3, 0.4) is 0 Å². The first-order chi connectivity index (χ1) is 23.2. The fourth-order valence-electron chi connectivity index (χ4n) is 6.49. The lowest BCUT2D eigenvalue weighted by Crippen LogP contribution is -2.31. The van der Waals surface area contributed by atoms with Crippen LogP contribution in [0.25, 0.3) is 22.4 Å². The average Bonchev–Trinajstić information content (AvgIpc) is 3.44. The number of carbonyl (C=O) groups is 1. The van der Waals surface area contributed by atoms with Crippen LogP contribution in [0.15, 0.2) is 66.7 Å². The summed E-state index contributed by atoms with van der Waals surface area (Å²) in [4.78, 5) is 21.6. The van der Waals surface area contributed by atoms with Gasteiger partial charge < -0.3 is 35.6 Å². The SMILES string of the molecule is NC(=O)CC(NCc1cccc(C(F)(F)F)c1)c1ccc2c(c1)nc(-c1ccc(N(CCO)CCO)cc1)n2CCCN1CCCCC1. The van der Waals surface area contributed by atoms with E-state index in [2.05, 4.69) is 14.8 Å². The van der Waals surface area contributed by atoms with E-state index in [-0.39, 0.29) is 26.2 Å². The molecule has 9 nitrogen and oxygen atoms in total. The van der Waals surface area contributed by atoms with Crippen molar-refractivity contribution in [1.82, 2.24) is 19.8 Å². The highest BCUT2D eigenvalue weighted by atomic mass is 19.4. The maximum Gasteiger partial charge on any atom is 0.416 e. The number of aryl methyl sites for hydroxylation is 1. The number of aliphatic hydroxyl groups excluding tert-OH is 2. The first kappa shape index (κ1) is 35.3. The van der Waals surface area contributed by atoms with Gasteiger partial charge in [-0.25, -0.2) is 4.98 Å². The van der Waals surface area contributed by atoms with Gasteiger partial charge in [-0.1, -0.05) is 30.7 Å². The van der Waals surface area contributed by atoms with Gasteiger partial charge in [0.15, 0.2) is 0 Å². The quantitative estimate of drug-likeness (QED) is 0.132. The van der Waals surface area contributed by atoms with E-state index < -0.39 is 23.7 Å². The zero-order valence-corrected chi connectivity index (χ0v) is 27.1. The molecule has 12 heteroatoms. The number of aliphatic hydroxyl groups is 2. The molecule has 4 aromatic rings. The molecule has 5 N–H and O–H groups in total. The van der Waals surface area contributed by atoms with Crippen LogP contribution in [-0.2, 0) is 24.1 Å². The molecule has 2 heterocycles. The Morgan fingerprint density at radius 3 is 2.35 bits per heavy atom. The molecule has 1 atom stereocenters. The molecule has 1 aliphatic heterocycles. The lowest BCUT2D eigenvalue weighted by atomic mass is 10.0. The van der Waals surface area contributed by atoms with E-state index in [0.717, 1.165) is 78.4 Å². The Hall–Kier alpha value is -3.97. The smallest absolute Gasteiger partial charge is 0.395 e. The predicted octanol–water partition coefficient (Wildman–Crippen LogP) is 5.10. The number of hydrogen-bond acceptors (Lipinski definition) is 7. The van der Waals surface area contributed by atoms with Gasteiger partial charge in [0.2, 0.25) is 5.91 Å². The number of likely N-dealkylation sites (tertiary alicyclic amines) is 1. The highest BCUT2D eigenvalue weighted by Crippen LogP contribution is 2.31. The van der Waals surface area contributed by atoms with Crippen LogP contribution in [0.2, 0.25) is 0 Å². The van der Waals surface area contributed by atoms with E-state index >= 15 is 0 Å². The molecule has 0 radical (unpaired) electrons. The molecule has 1 fully saturated rings. The fourth-order valence-corrected chi connectivity index (χ4v) is 6.49. The minimum Gasteiger partial charge on any atom is -0.395 e. The topological polar surface area (TPSA) is 120 Å². The van der Waals surface area contributed by atoms with Crippen molar-refractivity contribution in [2.75, 3.05) is 50.8 Å². The van der Waals surface area contributed by atoms with Crippen molar-refractivity contribution in [2.24, 2.45) is 5.73 Å². The second-order valence-corrected chi connectivity index (χ2v) is 12.4. The third kappa shape index (κ3) is 9.13. The molecule has 258 valence electrons. The number of rotatable bonds is 16. The van der Waals surface area contributed by atoms with Crippen LogP contribution in [0.5, 0.6) is 0 Å². The summed E-state index contributed by atoms with van der Waals surface area (Å²) in [5.41, 5.74) is 9.56. The summed E-state index contributed by atoms with van der Waals surface area (Å²) in [6, 6.07) is 18.3. The van der Waals surface area contributed by atoms with Gasteiger partial charge >= 0.3 is 6.18 Å². The first-order valence-electron chi connectivity index (χ1n) is 16.6. The van der Waals surface area contributed by atoms with Crippen LogP contribution < -0.4 is 16.0 Å². The minimum atomic E-state index is -4.45. The number of anilines is 1. The van der Waals surface area contributed by atoms with E-state index in [0.29, 0.717) is 18.7 Å². The predicted molar refractivity (Wildman–Crippen MR) is 181 cm³/mol. The summed E-state index contributed by atoms with van der Waals surface area (Å²) < 4.78 is 42.1. The van der Waals surface area contributed by atoms with Gasteiger partial charge in [-0.3, -0.25) is 4.79 Å². The molecule has 1 aromatic heterocycles. The first-order valence-corrected chi connectivity index (χ1v) is 16.6. The van der Waals surface area contributed by atoms with Crippen LogP contribution in [-0.4, -0.2) is 76.5 Å². The van der Waals surface area contributed by atoms with Crippen LogP contribution in [0.1, 0.15) is 54.8 Å². The number of alkyl halides is 3. The van der Waals surface area contributed by atoms with E-state index in [9.17, 15) is 28.2 Å². The highest BCUT2D eigenvalue weighted by molar-refractivity contribution is 5.82. The Bertz CT molecular complexity index is 1630. The van der Waals surface area contributed by atoms with E-state index in [1.807, 2.05) is 47.4 Å². The standard InChI is InChI=1S/C36H45F3N6O3/c37-36(38,39)29-7-4-6-26(22-29)25-41-31(24-34(40)48)28-10-13-33-32(23-28)42-35(45(33)17-5-16-43-14-2-1-3-15-43)27-8-11-30(12-9-27)44(18-20-46)19-21-47/h4,6-13,22-23,31,41,46-47H,1-3,5,14-21,24-25H2,(H2,40,48). The van der Waals surface area contributed by atoms with Crippen molar-refractivity contribution in [2.45, 2.75) is 57.4 Å². The summed E-state index contributed by atoms with van der Waals surface area (Å²) >= 11 is 0. The lowest BCUT2D eigenvalue weighted by Gasteiger charge is -2.26. The zero-order valence-electron chi connectivity index (χ0n) is 27.1. The molecule has 0 aliphatic carbocycles. The molecule has 0 saturated carbocycles. The molecule has 0 spiro atoms. The van der Waals surface area contributed by atoms with Gasteiger partial charge in [0.05, 0.1) is 29.8 Å². The molecular formula is C36H45F3N6O3. The Morgan fingerprint density at radius 1 is 0.958 bits per heavy atom. The molecule has 5 rings (SSSR count). The average molecular weight is 667 g/mol. The molecule has 0 bridgehead atoms. The second kappa shape index (κ2) is 16.4. The molecule has 1 unspecified atom stereocenters. The number of fused-ring (bicyclic) bond motifs is 1. The molecule has 48 heavy (non-hydrogen) atoms. The van der Waals surface area contributed by atoms with Crippen molar-refractivity contribution in [3.05, 3.63) is 83.4 Å². The Morgan fingerprint density at radius 2 is 1.69 bits per heavy atom. The number of imidazole rings is 1. The molecule has 3 aromatic carbocycles. The van der Waals surface area contributed by atoms with Crippen molar-refractivity contribution >= 4 is 22.6 Å². The maximum absolute atomic E-state index is 13.3. The molecule has 1 amide bonds. The summed E-state index contributed by atoms with van der Waals surface area (Å²) in [6.07, 6.45) is 0.204. The van der Waals surface area contributed by atoms with Gasteiger partial charge in [-0.05, 0) is 92.5 Å². The molecule has 1 saturated heterocycles. The second-order valence-electron chi connectivity index (χ2n) is 12.4. The maximum atomic E-state index is 13.3. The Labute approximate surface area is 279 Å². The number of carbonyl (C=O) groups excluding carboxylic acids is 1. The van der Waals surface area contributed by atoms with Crippen molar-refractivity contribution in [3.63, 3.8) is 0 Å². The normalized spacial score (nSPS) is 14.8. The van der Waals surface area contributed by atoms with Gasteiger partial charge in [0.1, 0.15) is 5.82 Å². The third-order valence-corrected chi connectivity index (χ3v) is 8.92. The Kier molecular flexibility index (Phi) is 12.1. The Balaban J connectivity index is 1.44. The summed E-state index contributed by atoms with van der Waals surface area (Å²) in [7, 11) is 0. The zero-order chi connectivity index (χ0) is 34.1. The lowest BCUT2D eigenvalue weighted by molar-refractivity contribution is -0.137. The number of aromatic nitrogens is 2. The fraction of sp³-hybridized carbons (Fsp3) is 0.444. The number of benzene rings is 3. The van der Waals surface area contributed by atoms with Crippen molar-refractivity contribution in [1.29, 1.82) is 0 Å². The molecular weight excluding hydrogens is 621 g/mol. The van der Waals surface area contributed by atoms with Crippen molar-refractivity contribution < 1.29 is 28.2 Å². The number of hydrogen-bond donors (Lipinski definition) is 4. The number of nitrogens with zero attached hydrogens (tertiary/aromatic N) is 4. The largest absolute Gasteiger partial charge is 0.416 e. The number of nitrogens with two attached hydrogens (primary N) is 1. The number of piperidine rings is 1. The van der Waals surface area contributed by atoms with Crippen molar-refractivity contribution in [3.8, 4) is 11.4 Å². The number of amides is 1. The summed E-state index contributed by atoms with van der Waals surface area (Å²) in [5.74, 6) is 0.267. The van der Waals surface area contributed by atoms with Crippen LogP contribution in [0.4, 0.5) is 18.9 Å². The number of primary amides is 1. The molecule has 1 aliphatic rings. The van der Waals surface area contributed by atoms with Crippen LogP contribution in [0, 0.1) is 0 Å². The van der Waals surface area contributed by atoms with Gasteiger partial charge in [-0.15, -0.1) is 0 Å². The van der Waals surface area contributed by atoms with Gasteiger partial charge in [-0.2, -0.15) is 13.2 Å². The number of nitrogens with one attached hydrogen (secondary N) is 1. The number of halogens is 3. The minimum absolute atomic E-state index is 0.0254. The van der Waals surface area contributed by atoms with Gasteiger partial charge in [0.25, 0.3) is 0 Å². The van der Waals surface area contributed by atoms with E-state index in [1.165, 1.54) is 25.3 Å². The van der Waals surface area contributed by atoms with E-state index in [1.54, 1.807) is 6.07 Å². The highest BCUT2D eigenvalue weighted by Gasteiger charge is 2.30.